The fourth-order valence-electron chi connectivity index (χ4n) is 6.80. The second-order valence-electron chi connectivity index (χ2n) is 12.1. The monoisotopic (exact) mass is 592 g/mol. The van der Waals surface area contributed by atoms with Gasteiger partial charge < -0.3 is 15.2 Å². The Morgan fingerprint density at radius 2 is 1.74 bits per heavy atom. The van der Waals surface area contributed by atoms with E-state index < -0.39 is 17.6 Å². The summed E-state index contributed by atoms with van der Waals surface area (Å²) in [5.41, 5.74) is 5.63. The van der Waals surface area contributed by atoms with Crippen LogP contribution in [-0.4, -0.2) is 28.5 Å². The van der Waals surface area contributed by atoms with Gasteiger partial charge in [-0.2, -0.15) is 13.2 Å². The second-order valence-corrected chi connectivity index (χ2v) is 12.1. The van der Waals surface area contributed by atoms with Gasteiger partial charge in [-0.1, -0.05) is 30.7 Å². The molecule has 0 radical (unpaired) electrons. The fourth-order valence-corrected chi connectivity index (χ4v) is 6.80. The number of aryl methyl sites for hydroxylation is 2. The van der Waals surface area contributed by atoms with Gasteiger partial charge in [-0.15, -0.1) is 0 Å². The van der Waals surface area contributed by atoms with Gasteiger partial charge in [-0.25, -0.2) is 9.37 Å². The summed E-state index contributed by atoms with van der Waals surface area (Å²) in [6.45, 7) is 4.06. The van der Waals surface area contributed by atoms with Crippen molar-refractivity contribution >= 4 is 22.6 Å². The lowest BCUT2D eigenvalue weighted by atomic mass is 9.77. The number of carbonyl (C=O) groups is 1. The third-order valence-electron chi connectivity index (χ3n) is 9.27. The van der Waals surface area contributed by atoms with Gasteiger partial charge in [0.2, 0.25) is 5.91 Å². The number of hydrogen-bond acceptors (Lipinski definition) is 3. The molecule has 43 heavy (non-hydrogen) atoms. The number of benzene rings is 3. The Morgan fingerprint density at radius 1 is 0.977 bits per heavy atom. The van der Waals surface area contributed by atoms with Crippen molar-refractivity contribution in [3.63, 3.8) is 0 Å². The normalized spacial score (nSPS) is 21.2. The van der Waals surface area contributed by atoms with Crippen LogP contribution in [0.4, 0.5) is 23.2 Å². The number of amides is 1. The fraction of sp³-hybridized carbons (Fsp3) is 0.412. The van der Waals surface area contributed by atoms with Crippen LogP contribution in [0, 0.1) is 18.7 Å². The number of alkyl halides is 3. The lowest BCUT2D eigenvalue weighted by molar-refractivity contribution is -0.137. The average molecular weight is 593 g/mol. The van der Waals surface area contributed by atoms with Crippen molar-refractivity contribution < 1.29 is 22.4 Å². The molecule has 5 nitrogen and oxygen atoms in total. The standard InChI is InChI=1S/C34H36F4N4O/c1-20-40-31-17-26(16-28(32(31)42(20)2)25-7-4-14-39-19-25)22-10-8-21(9-11-22)23-5-3-6-24(15-23)33(43)41-30-13-12-27(18-29(30)35)34(36,37)38/h8-13,16-18,23-25,39H,3-7,14-15,19H2,1-2H3,(H,41,43). The van der Waals surface area contributed by atoms with Crippen molar-refractivity contribution in [2.75, 3.05) is 18.4 Å². The maximum Gasteiger partial charge on any atom is 0.416 e. The van der Waals surface area contributed by atoms with Gasteiger partial charge in [0, 0.05) is 19.5 Å². The van der Waals surface area contributed by atoms with E-state index in [-0.39, 0.29) is 23.4 Å². The molecule has 1 saturated heterocycles. The molecule has 3 aromatic carbocycles. The molecule has 1 saturated carbocycles. The predicted molar refractivity (Wildman–Crippen MR) is 160 cm³/mol. The summed E-state index contributed by atoms with van der Waals surface area (Å²) in [7, 11) is 2.08. The maximum absolute atomic E-state index is 14.3. The summed E-state index contributed by atoms with van der Waals surface area (Å²) in [5.74, 6) is -0.199. The number of fused-ring (bicyclic) bond motifs is 1. The van der Waals surface area contributed by atoms with Crippen LogP contribution < -0.4 is 10.6 Å². The first-order valence-corrected chi connectivity index (χ1v) is 15.0. The van der Waals surface area contributed by atoms with Gasteiger partial charge >= 0.3 is 6.18 Å². The molecule has 0 bridgehead atoms. The third kappa shape index (κ3) is 6.05. The van der Waals surface area contributed by atoms with Crippen LogP contribution in [0.5, 0.6) is 0 Å². The average Bonchev–Trinajstić information content (AvgIpc) is 3.30. The van der Waals surface area contributed by atoms with Crippen LogP contribution in [0.25, 0.3) is 22.2 Å². The van der Waals surface area contributed by atoms with E-state index in [2.05, 4.69) is 58.6 Å². The quantitative estimate of drug-likeness (QED) is 0.230. The summed E-state index contributed by atoms with van der Waals surface area (Å²) in [5, 5.41) is 6.07. The topological polar surface area (TPSA) is 59.0 Å². The SMILES string of the molecule is Cc1nc2cc(-c3ccc(C4CCCC(C(=O)Nc5ccc(C(F)(F)F)cc5F)C4)cc3)cc(C3CCCNC3)c2n1C. The minimum atomic E-state index is -4.64. The van der Waals surface area contributed by atoms with E-state index in [1.54, 1.807) is 0 Å². The molecular weight excluding hydrogens is 556 g/mol. The molecule has 1 amide bonds. The van der Waals surface area contributed by atoms with Gasteiger partial charge in [-0.05, 0) is 110 Å². The van der Waals surface area contributed by atoms with Crippen LogP contribution in [0.1, 0.15) is 72.9 Å². The largest absolute Gasteiger partial charge is 0.416 e. The van der Waals surface area contributed by atoms with Gasteiger partial charge in [0.05, 0.1) is 22.3 Å². The lowest BCUT2D eigenvalue weighted by Gasteiger charge is -2.29. The minimum Gasteiger partial charge on any atom is -0.331 e. The summed E-state index contributed by atoms with van der Waals surface area (Å²) < 4.78 is 55.2. The van der Waals surface area contributed by atoms with Crippen molar-refractivity contribution in [2.45, 2.75) is 63.5 Å². The number of rotatable bonds is 5. The minimum absolute atomic E-state index is 0.167. The molecule has 1 aliphatic carbocycles. The molecule has 2 aliphatic rings. The number of hydrogen-bond donors (Lipinski definition) is 2. The molecule has 0 spiro atoms. The Bertz CT molecular complexity index is 1640. The molecule has 6 rings (SSSR count). The molecule has 3 unspecified atom stereocenters. The summed E-state index contributed by atoms with van der Waals surface area (Å²) >= 11 is 0. The Hall–Kier alpha value is -3.72. The van der Waals surface area contributed by atoms with E-state index in [1.165, 1.54) is 11.1 Å². The molecule has 226 valence electrons. The number of imidazole rings is 1. The van der Waals surface area contributed by atoms with Crippen molar-refractivity contribution in [3.8, 4) is 11.1 Å². The number of aromatic nitrogens is 2. The van der Waals surface area contributed by atoms with E-state index in [0.29, 0.717) is 24.8 Å². The van der Waals surface area contributed by atoms with E-state index in [0.717, 1.165) is 78.9 Å². The lowest BCUT2D eigenvalue weighted by Crippen LogP contribution is -2.28. The molecule has 4 aromatic rings. The summed E-state index contributed by atoms with van der Waals surface area (Å²) in [4.78, 5) is 17.9. The number of anilines is 1. The highest BCUT2D eigenvalue weighted by Crippen LogP contribution is 2.39. The van der Waals surface area contributed by atoms with Gasteiger partial charge in [0.25, 0.3) is 0 Å². The van der Waals surface area contributed by atoms with Gasteiger partial charge in [0.1, 0.15) is 11.6 Å². The van der Waals surface area contributed by atoms with E-state index in [9.17, 15) is 22.4 Å². The highest BCUT2D eigenvalue weighted by Gasteiger charge is 2.32. The molecule has 9 heteroatoms. The first-order valence-electron chi connectivity index (χ1n) is 15.0. The van der Waals surface area contributed by atoms with Crippen molar-refractivity contribution in [1.29, 1.82) is 0 Å². The van der Waals surface area contributed by atoms with E-state index in [1.807, 2.05) is 6.92 Å². The molecule has 1 aromatic heterocycles. The molecule has 2 heterocycles. The Labute approximate surface area is 248 Å². The van der Waals surface area contributed by atoms with Gasteiger partial charge in [-0.3, -0.25) is 4.79 Å². The first kappa shape index (κ1) is 29.4. The van der Waals surface area contributed by atoms with Crippen LogP contribution in [0.15, 0.2) is 54.6 Å². The molecular formula is C34H36F4N4O. The Kier molecular flexibility index (Phi) is 8.02. The van der Waals surface area contributed by atoms with Crippen LogP contribution in [-0.2, 0) is 18.0 Å². The molecule has 3 atom stereocenters. The highest BCUT2D eigenvalue weighted by atomic mass is 19.4. The van der Waals surface area contributed by atoms with E-state index >= 15 is 0 Å². The highest BCUT2D eigenvalue weighted by molar-refractivity contribution is 5.93. The number of nitrogens with zero attached hydrogens (tertiary/aromatic N) is 2. The molecule has 2 fully saturated rings. The zero-order valence-corrected chi connectivity index (χ0v) is 24.4. The van der Waals surface area contributed by atoms with Gasteiger partial charge in [0.15, 0.2) is 0 Å². The molecule has 2 N–H and O–H groups in total. The van der Waals surface area contributed by atoms with Crippen LogP contribution >= 0.6 is 0 Å². The third-order valence-corrected chi connectivity index (χ3v) is 9.27. The number of piperidine rings is 1. The van der Waals surface area contributed by atoms with E-state index in [4.69, 9.17) is 4.98 Å². The van der Waals surface area contributed by atoms with Crippen LogP contribution in [0.2, 0.25) is 0 Å². The van der Waals surface area contributed by atoms with Crippen LogP contribution in [0.3, 0.4) is 0 Å². The van der Waals surface area contributed by atoms with Crippen molar-refractivity contribution in [2.24, 2.45) is 13.0 Å². The zero-order chi connectivity index (χ0) is 30.3. The number of nitrogens with one attached hydrogen (secondary N) is 2. The Balaban J connectivity index is 1.18. The Morgan fingerprint density at radius 3 is 2.44 bits per heavy atom. The number of carbonyl (C=O) groups excluding carboxylic acids is 1. The smallest absolute Gasteiger partial charge is 0.331 e. The first-order chi connectivity index (χ1) is 20.6. The summed E-state index contributed by atoms with van der Waals surface area (Å²) in [6, 6.07) is 15.2. The maximum atomic E-state index is 14.3. The van der Waals surface area contributed by atoms with Crippen molar-refractivity contribution in [3.05, 3.63) is 82.9 Å². The summed E-state index contributed by atoms with van der Waals surface area (Å²) in [6.07, 6.45) is 0.702. The predicted octanol–water partition coefficient (Wildman–Crippen LogP) is 8.09. The zero-order valence-electron chi connectivity index (χ0n) is 24.4. The number of halogens is 4. The second kappa shape index (κ2) is 11.8. The molecule has 1 aliphatic heterocycles. The van der Waals surface area contributed by atoms with Crippen molar-refractivity contribution in [1.82, 2.24) is 14.9 Å².